The highest BCUT2D eigenvalue weighted by Gasteiger charge is 2.13. The van der Waals surface area contributed by atoms with Crippen LogP contribution < -0.4 is 15.0 Å². The number of ether oxygens (including phenoxy) is 2. The van der Waals surface area contributed by atoms with Crippen molar-refractivity contribution in [2.45, 2.75) is 12.8 Å². The van der Waals surface area contributed by atoms with Gasteiger partial charge in [-0.15, -0.1) is 0 Å². The Kier molecular flexibility index (Phi) is 5.31. The highest BCUT2D eigenvalue weighted by atomic mass is 19.1. The highest BCUT2D eigenvalue weighted by molar-refractivity contribution is 5.40. The summed E-state index contributed by atoms with van der Waals surface area (Å²) in [7, 11) is 2.88. The van der Waals surface area contributed by atoms with Gasteiger partial charge in [0.15, 0.2) is 5.75 Å². The number of halogens is 1. The zero-order valence-corrected chi connectivity index (χ0v) is 14.6. The molecule has 0 fully saturated rings. The molecule has 0 bridgehead atoms. The van der Waals surface area contributed by atoms with E-state index in [4.69, 9.17) is 9.47 Å². The molecule has 6 heteroatoms. The summed E-state index contributed by atoms with van der Waals surface area (Å²) < 4.78 is 24.5. The number of aromatic nitrogens is 2. The molecule has 0 N–H and O–H groups in total. The lowest BCUT2D eigenvalue weighted by Crippen LogP contribution is -2.22. The van der Waals surface area contributed by atoms with Crippen LogP contribution in [0.15, 0.2) is 59.5 Å². The Balaban J connectivity index is 1.85. The Morgan fingerprint density at radius 2 is 1.73 bits per heavy atom. The molecule has 0 amide bonds. The summed E-state index contributed by atoms with van der Waals surface area (Å²) in [6.07, 6.45) is 2.99. The van der Waals surface area contributed by atoms with Crippen molar-refractivity contribution in [2.75, 3.05) is 14.2 Å². The number of hydrogen-bond acceptors (Lipinski definition) is 4. The Morgan fingerprint density at radius 1 is 1.00 bits per heavy atom. The molecule has 0 unspecified atom stereocenters. The summed E-state index contributed by atoms with van der Waals surface area (Å²) in [5, 5.41) is 4.15. The summed E-state index contributed by atoms with van der Waals surface area (Å²) in [4.78, 5) is 12.6. The number of rotatable bonds is 6. The Hall–Kier alpha value is -3.15. The molecule has 0 atom stereocenters. The van der Waals surface area contributed by atoms with Gasteiger partial charge < -0.3 is 9.47 Å². The standard InChI is InChI=1S/C20H19FN2O3/c1-25-18-13-22-23(20(24)19(18)26-2)17-5-3-4-15(12-17)7-6-14-8-10-16(21)11-9-14/h3-5,8-13H,6-7H2,1-2H3. The second-order valence-corrected chi connectivity index (χ2v) is 5.76. The summed E-state index contributed by atoms with van der Waals surface area (Å²) in [5.74, 6) is 0.162. The SMILES string of the molecule is COc1cnn(-c2cccc(CCc3ccc(F)cc3)c2)c(=O)c1OC. The highest BCUT2D eigenvalue weighted by Crippen LogP contribution is 2.21. The van der Waals surface area contributed by atoms with E-state index < -0.39 is 0 Å². The van der Waals surface area contributed by atoms with Crippen LogP contribution in [-0.4, -0.2) is 24.0 Å². The normalized spacial score (nSPS) is 10.6. The topological polar surface area (TPSA) is 53.4 Å². The lowest BCUT2D eigenvalue weighted by molar-refractivity contribution is 0.344. The third-order valence-electron chi connectivity index (χ3n) is 4.10. The predicted molar refractivity (Wildman–Crippen MR) is 96.7 cm³/mol. The van der Waals surface area contributed by atoms with E-state index in [0.29, 0.717) is 11.4 Å². The summed E-state index contributed by atoms with van der Waals surface area (Å²) in [6.45, 7) is 0. The first-order valence-corrected chi connectivity index (χ1v) is 8.16. The summed E-state index contributed by atoms with van der Waals surface area (Å²) >= 11 is 0. The predicted octanol–water partition coefficient (Wildman–Crippen LogP) is 3.17. The first kappa shape index (κ1) is 17.7. The van der Waals surface area contributed by atoms with E-state index in [1.165, 1.54) is 37.2 Å². The lowest BCUT2D eigenvalue weighted by Gasteiger charge is -2.11. The lowest BCUT2D eigenvalue weighted by atomic mass is 10.0. The zero-order chi connectivity index (χ0) is 18.5. The van der Waals surface area contributed by atoms with Crippen molar-refractivity contribution in [3.63, 3.8) is 0 Å². The molecule has 3 rings (SSSR count). The van der Waals surface area contributed by atoms with E-state index in [1.807, 2.05) is 24.3 Å². The van der Waals surface area contributed by atoms with E-state index in [0.717, 1.165) is 24.0 Å². The van der Waals surface area contributed by atoms with Crippen molar-refractivity contribution in [3.8, 4) is 17.2 Å². The molecule has 26 heavy (non-hydrogen) atoms. The summed E-state index contributed by atoms with van der Waals surface area (Å²) in [5.41, 5.74) is 2.36. The monoisotopic (exact) mass is 354 g/mol. The van der Waals surface area contributed by atoms with Crippen LogP contribution in [0.4, 0.5) is 4.39 Å². The van der Waals surface area contributed by atoms with Crippen LogP contribution in [-0.2, 0) is 12.8 Å². The van der Waals surface area contributed by atoms with Gasteiger partial charge in [0.2, 0.25) is 5.75 Å². The first-order chi connectivity index (χ1) is 12.6. The van der Waals surface area contributed by atoms with Crippen LogP contribution in [0.3, 0.4) is 0 Å². The second-order valence-electron chi connectivity index (χ2n) is 5.76. The molecule has 1 aromatic heterocycles. The summed E-state index contributed by atoms with van der Waals surface area (Å²) in [6, 6.07) is 14.0. The molecular formula is C20H19FN2O3. The Morgan fingerprint density at radius 3 is 2.42 bits per heavy atom. The Bertz CT molecular complexity index is 952. The molecule has 5 nitrogen and oxygen atoms in total. The van der Waals surface area contributed by atoms with Gasteiger partial charge in [-0.3, -0.25) is 4.79 Å². The van der Waals surface area contributed by atoms with Crippen molar-refractivity contribution in [1.82, 2.24) is 9.78 Å². The number of benzene rings is 2. The molecule has 0 saturated heterocycles. The van der Waals surface area contributed by atoms with E-state index in [-0.39, 0.29) is 17.1 Å². The van der Waals surface area contributed by atoms with Crippen molar-refractivity contribution in [2.24, 2.45) is 0 Å². The fourth-order valence-electron chi connectivity index (χ4n) is 2.72. The molecule has 0 aliphatic heterocycles. The molecular weight excluding hydrogens is 335 g/mol. The van der Waals surface area contributed by atoms with Gasteiger partial charge in [0, 0.05) is 0 Å². The molecule has 3 aromatic rings. The van der Waals surface area contributed by atoms with E-state index in [1.54, 1.807) is 12.1 Å². The number of methoxy groups -OCH3 is 2. The zero-order valence-electron chi connectivity index (χ0n) is 14.6. The maximum absolute atomic E-state index is 13.0. The smallest absolute Gasteiger partial charge is 0.317 e. The van der Waals surface area contributed by atoms with Crippen molar-refractivity contribution in [1.29, 1.82) is 0 Å². The average molecular weight is 354 g/mol. The third kappa shape index (κ3) is 3.74. The largest absolute Gasteiger partial charge is 0.491 e. The quantitative estimate of drug-likeness (QED) is 0.682. The van der Waals surface area contributed by atoms with Crippen molar-refractivity contribution in [3.05, 3.63) is 82.0 Å². The van der Waals surface area contributed by atoms with Crippen LogP contribution in [0.1, 0.15) is 11.1 Å². The van der Waals surface area contributed by atoms with Crippen LogP contribution in [0, 0.1) is 5.82 Å². The van der Waals surface area contributed by atoms with Gasteiger partial charge >= 0.3 is 5.56 Å². The maximum atomic E-state index is 13.0. The third-order valence-corrected chi connectivity index (χ3v) is 4.10. The number of hydrogen-bond donors (Lipinski definition) is 0. The van der Waals surface area contributed by atoms with Crippen molar-refractivity contribution < 1.29 is 13.9 Å². The fraction of sp³-hybridized carbons (Fsp3) is 0.200. The molecule has 0 saturated carbocycles. The van der Waals surface area contributed by atoms with Crippen LogP contribution in [0.5, 0.6) is 11.5 Å². The van der Waals surface area contributed by atoms with Crippen LogP contribution in [0.2, 0.25) is 0 Å². The molecule has 134 valence electrons. The van der Waals surface area contributed by atoms with Gasteiger partial charge in [-0.25, -0.2) is 4.39 Å². The molecule has 0 spiro atoms. The minimum Gasteiger partial charge on any atom is -0.491 e. The minimum atomic E-state index is -0.387. The van der Waals surface area contributed by atoms with Gasteiger partial charge in [-0.05, 0) is 48.2 Å². The second kappa shape index (κ2) is 7.82. The molecule has 1 heterocycles. The van der Waals surface area contributed by atoms with Crippen molar-refractivity contribution >= 4 is 0 Å². The van der Waals surface area contributed by atoms with Gasteiger partial charge in [-0.2, -0.15) is 9.78 Å². The van der Waals surface area contributed by atoms with Gasteiger partial charge in [0.1, 0.15) is 5.82 Å². The molecule has 0 aliphatic carbocycles. The van der Waals surface area contributed by atoms with Gasteiger partial charge in [0.05, 0.1) is 26.1 Å². The van der Waals surface area contributed by atoms with Gasteiger partial charge in [0.25, 0.3) is 0 Å². The molecule has 0 aliphatic rings. The van der Waals surface area contributed by atoms with Crippen LogP contribution in [0.25, 0.3) is 5.69 Å². The average Bonchev–Trinajstić information content (AvgIpc) is 2.67. The Labute approximate surface area is 150 Å². The van der Waals surface area contributed by atoms with Crippen LogP contribution >= 0.6 is 0 Å². The number of aryl methyl sites for hydroxylation is 2. The first-order valence-electron chi connectivity index (χ1n) is 8.16. The fourth-order valence-corrected chi connectivity index (χ4v) is 2.72. The molecule has 2 aromatic carbocycles. The van der Waals surface area contributed by atoms with Gasteiger partial charge in [-0.1, -0.05) is 24.3 Å². The van der Waals surface area contributed by atoms with E-state index >= 15 is 0 Å². The number of nitrogens with zero attached hydrogens (tertiary/aromatic N) is 2. The van der Waals surface area contributed by atoms with E-state index in [2.05, 4.69) is 5.10 Å². The molecule has 0 radical (unpaired) electrons. The van der Waals surface area contributed by atoms with E-state index in [9.17, 15) is 9.18 Å². The minimum absolute atomic E-state index is 0.110. The maximum Gasteiger partial charge on any atom is 0.317 e.